The van der Waals surface area contributed by atoms with Crippen LogP contribution in [0.5, 0.6) is 0 Å². The number of ether oxygens (including phenoxy) is 2. The van der Waals surface area contributed by atoms with Crippen LogP contribution in [-0.2, 0) is 19.1 Å². The molecule has 1 fully saturated rings. The van der Waals surface area contributed by atoms with Crippen LogP contribution in [0.4, 0.5) is 0 Å². The van der Waals surface area contributed by atoms with Crippen molar-refractivity contribution in [3.05, 3.63) is 11.8 Å². The van der Waals surface area contributed by atoms with Crippen molar-refractivity contribution in [3.8, 4) is 0 Å². The minimum absolute atomic E-state index is 0.134. The van der Waals surface area contributed by atoms with Gasteiger partial charge >= 0.3 is 0 Å². The molecule has 0 bridgehead atoms. The second-order valence-electron chi connectivity index (χ2n) is 3.72. The van der Waals surface area contributed by atoms with Crippen molar-refractivity contribution in [2.24, 2.45) is 4.99 Å². The normalized spacial score (nSPS) is 30.0. The fraction of sp³-hybridized carbons (Fsp3) is 0.545. The van der Waals surface area contributed by atoms with Crippen molar-refractivity contribution in [1.29, 1.82) is 0 Å². The molecule has 0 aromatic carbocycles. The summed E-state index contributed by atoms with van der Waals surface area (Å²) in [5.41, 5.74) is 0.134. The third kappa shape index (κ3) is 2.62. The summed E-state index contributed by atoms with van der Waals surface area (Å²) in [6.07, 6.45) is 4.90. The Balaban J connectivity index is 1.92. The van der Waals surface area contributed by atoms with Gasteiger partial charge in [-0.15, -0.1) is 0 Å². The monoisotopic (exact) mass is 223 g/mol. The summed E-state index contributed by atoms with van der Waals surface area (Å²) in [5.74, 6) is -0.258. The maximum atomic E-state index is 11.5. The average Bonchev–Trinajstić information content (AvgIpc) is 2.33. The summed E-state index contributed by atoms with van der Waals surface area (Å²) < 4.78 is 10.8. The molecule has 0 radical (unpaired) electrons. The maximum Gasteiger partial charge on any atom is 0.192 e. The quantitative estimate of drug-likeness (QED) is 0.658. The van der Waals surface area contributed by atoms with Crippen LogP contribution in [0.3, 0.4) is 0 Å². The molecule has 2 aliphatic heterocycles. The molecule has 0 spiro atoms. The highest BCUT2D eigenvalue weighted by Gasteiger charge is 2.25. The molecular weight excluding hydrogens is 210 g/mol. The Labute approximate surface area is 93.1 Å². The molecule has 2 rings (SSSR count). The Kier molecular flexibility index (Phi) is 3.58. The highest BCUT2D eigenvalue weighted by molar-refractivity contribution is 6.09. The van der Waals surface area contributed by atoms with E-state index in [4.69, 9.17) is 9.47 Å². The first-order valence-electron chi connectivity index (χ1n) is 5.31. The van der Waals surface area contributed by atoms with E-state index < -0.39 is 6.10 Å². The minimum atomic E-state index is -0.716. The van der Waals surface area contributed by atoms with Gasteiger partial charge in [0, 0.05) is 18.9 Å². The molecule has 2 aliphatic rings. The Bertz CT molecular complexity index is 342. The van der Waals surface area contributed by atoms with Crippen molar-refractivity contribution in [2.45, 2.75) is 31.7 Å². The molecule has 0 aliphatic carbocycles. The molecule has 16 heavy (non-hydrogen) atoms. The van der Waals surface area contributed by atoms with E-state index in [0.717, 1.165) is 19.3 Å². The molecule has 86 valence electrons. The van der Waals surface area contributed by atoms with E-state index in [1.165, 1.54) is 12.3 Å². The standard InChI is InChI=1S/C11H13NO4/c13-7-8-5-9(14)10(6-12-8)16-11-3-1-2-4-15-11/h5-7,10-11H,1-4H2. The van der Waals surface area contributed by atoms with Gasteiger partial charge in [0.1, 0.15) is 5.70 Å². The largest absolute Gasteiger partial charge is 0.353 e. The number of aldehydes is 1. The Morgan fingerprint density at radius 2 is 2.38 bits per heavy atom. The topological polar surface area (TPSA) is 65.0 Å². The highest BCUT2D eigenvalue weighted by Crippen LogP contribution is 2.16. The molecule has 1 saturated heterocycles. The SMILES string of the molecule is O=CC1=CC(=O)C(OC2CCCCO2)C=N1. The van der Waals surface area contributed by atoms with Gasteiger partial charge in [-0.2, -0.15) is 0 Å². The van der Waals surface area contributed by atoms with Gasteiger partial charge in [-0.3, -0.25) is 14.6 Å². The number of hydrogen-bond acceptors (Lipinski definition) is 5. The lowest BCUT2D eigenvalue weighted by Crippen LogP contribution is -2.34. The van der Waals surface area contributed by atoms with Crippen LogP contribution in [0.25, 0.3) is 0 Å². The summed E-state index contributed by atoms with van der Waals surface area (Å²) >= 11 is 0. The predicted molar refractivity (Wildman–Crippen MR) is 56.1 cm³/mol. The summed E-state index contributed by atoms with van der Waals surface area (Å²) in [5, 5.41) is 0. The van der Waals surface area contributed by atoms with E-state index in [1.54, 1.807) is 0 Å². The van der Waals surface area contributed by atoms with Crippen molar-refractivity contribution in [2.75, 3.05) is 6.61 Å². The number of carbonyl (C=O) groups is 2. The van der Waals surface area contributed by atoms with Crippen LogP contribution in [0.15, 0.2) is 16.8 Å². The Hall–Kier alpha value is -1.33. The van der Waals surface area contributed by atoms with Crippen molar-refractivity contribution >= 4 is 18.3 Å². The highest BCUT2D eigenvalue weighted by atomic mass is 16.7. The molecule has 0 N–H and O–H groups in total. The lowest BCUT2D eigenvalue weighted by atomic mass is 10.1. The van der Waals surface area contributed by atoms with Gasteiger partial charge < -0.3 is 9.47 Å². The average molecular weight is 223 g/mol. The summed E-state index contributed by atoms with van der Waals surface area (Å²) in [6, 6.07) is 0. The van der Waals surface area contributed by atoms with Gasteiger partial charge in [-0.25, -0.2) is 0 Å². The lowest BCUT2D eigenvalue weighted by Gasteiger charge is -2.25. The number of hydrogen-bond donors (Lipinski definition) is 0. The van der Waals surface area contributed by atoms with E-state index in [2.05, 4.69) is 4.99 Å². The number of aliphatic imine (C=N–C) groups is 1. The molecule has 0 aromatic heterocycles. The van der Waals surface area contributed by atoms with Crippen LogP contribution in [0, 0.1) is 0 Å². The van der Waals surface area contributed by atoms with E-state index >= 15 is 0 Å². The molecule has 0 amide bonds. The van der Waals surface area contributed by atoms with E-state index in [-0.39, 0.29) is 17.8 Å². The summed E-state index contributed by atoms with van der Waals surface area (Å²) in [7, 11) is 0. The molecular formula is C11H13NO4. The van der Waals surface area contributed by atoms with Gasteiger partial charge in [-0.05, 0) is 19.3 Å². The Morgan fingerprint density at radius 3 is 3.00 bits per heavy atom. The molecule has 2 heterocycles. The second-order valence-corrected chi connectivity index (χ2v) is 3.72. The van der Waals surface area contributed by atoms with Crippen molar-refractivity contribution in [1.82, 2.24) is 0 Å². The van der Waals surface area contributed by atoms with Crippen LogP contribution in [0.2, 0.25) is 0 Å². The van der Waals surface area contributed by atoms with E-state index in [9.17, 15) is 9.59 Å². The van der Waals surface area contributed by atoms with Gasteiger partial charge in [-0.1, -0.05) is 0 Å². The number of ketones is 1. The number of nitrogens with zero attached hydrogens (tertiary/aromatic N) is 1. The van der Waals surface area contributed by atoms with Crippen LogP contribution >= 0.6 is 0 Å². The maximum absolute atomic E-state index is 11.5. The third-order valence-corrected chi connectivity index (χ3v) is 2.49. The Morgan fingerprint density at radius 1 is 1.50 bits per heavy atom. The fourth-order valence-electron chi connectivity index (χ4n) is 1.64. The zero-order valence-corrected chi connectivity index (χ0v) is 8.80. The number of carbonyl (C=O) groups excluding carboxylic acids is 2. The smallest absolute Gasteiger partial charge is 0.192 e. The van der Waals surface area contributed by atoms with Gasteiger partial charge in [0.15, 0.2) is 24.5 Å². The zero-order chi connectivity index (χ0) is 11.4. The van der Waals surface area contributed by atoms with Gasteiger partial charge in [0.2, 0.25) is 0 Å². The number of allylic oxidation sites excluding steroid dienone is 1. The first-order valence-corrected chi connectivity index (χ1v) is 5.31. The number of rotatable bonds is 3. The molecule has 0 saturated carbocycles. The van der Waals surface area contributed by atoms with Crippen LogP contribution in [0.1, 0.15) is 19.3 Å². The molecule has 2 unspecified atom stereocenters. The van der Waals surface area contributed by atoms with Gasteiger partial charge in [0.25, 0.3) is 0 Å². The van der Waals surface area contributed by atoms with E-state index in [1.807, 2.05) is 0 Å². The lowest BCUT2D eigenvalue weighted by molar-refractivity contribution is -0.177. The van der Waals surface area contributed by atoms with Crippen LogP contribution < -0.4 is 0 Å². The van der Waals surface area contributed by atoms with E-state index in [0.29, 0.717) is 12.9 Å². The molecule has 0 aromatic rings. The summed E-state index contributed by atoms with van der Waals surface area (Å²) in [4.78, 5) is 25.7. The molecule has 5 nitrogen and oxygen atoms in total. The molecule has 2 atom stereocenters. The third-order valence-electron chi connectivity index (χ3n) is 2.49. The molecule has 5 heteroatoms. The van der Waals surface area contributed by atoms with Crippen molar-refractivity contribution in [3.63, 3.8) is 0 Å². The first kappa shape index (κ1) is 11.2. The zero-order valence-electron chi connectivity index (χ0n) is 8.80. The summed E-state index contributed by atoms with van der Waals surface area (Å²) in [6.45, 7) is 0.665. The van der Waals surface area contributed by atoms with Gasteiger partial charge in [0.05, 0.1) is 0 Å². The first-order chi connectivity index (χ1) is 7.79. The second kappa shape index (κ2) is 5.14. The van der Waals surface area contributed by atoms with Crippen molar-refractivity contribution < 1.29 is 19.1 Å². The minimum Gasteiger partial charge on any atom is -0.353 e. The fourth-order valence-corrected chi connectivity index (χ4v) is 1.64. The van der Waals surface area contributed by atoms with Crippen LogP contribution in [-0.4, -0.2) is 37.3 Å². The predicted octanol–water partition coefficient (Wildman–Crippen LogP) is 0.634.